The normalized spacial score (nSPS) is 14.4. The maximum atomic E-state index is 5.48. The average Bonchev–Trinajstić information content (AvgIpc) is 3.54. The molecule has 1 fully saturated rings. The fourth-order valence-electron chi connectivity index (χ4n) is 3.07. The quantitative estimate of drug-likeness (QED) is 0.433. The molecule has 10 heteroatoms. The minimum atomic E-state index is 0.520. The molecule has 0 bridgehead atoms. The summed E-state index contributed by atoms with van der Waals surface area (Å²) in [4.78, 5) is 7.69. The van der Waals surface area contributed by atoms with Crippen molar-refractivity contribution in [1.29, 1.82) is 0 Å². The van der Waals surface area contributed by atoms with Crippen LogP contribution in [0.1, 0.15) is 5.89 Å². The first-order valence-corrected chi connectivity index (χ1v) is 11.1. The molecule has 1 aliphatic rings. The minimum absolute atomic E-state index is 0.520. The molecule has 0 amide bonds. The lowest BCUT2D eigenvalue weighted by atomic mass is 10.3. The van der Waals surface area contributed by atoms with Crippen LogP contribution in [0.15, 0.2) is 57.5 Å². The van der Waals surface area contributed by atoms with E-state index in [9.17, 15) is 0 Å². The van der Waals surface area contributed by atoms with Gasteiger partial charge in [0.1, 0.15) is 0 Å². The summed E-state index contributed by atoms with van der Waals surface area (Å²) < 4.78 is 13.0. The monoisotopic (exact) mass is 426 g/mol. The average molecular weight is 427 g/mol. The van der Waals surface area contributed by atoms with Crippen LogP contribution in [0.3, 0.4) is 0 Å². The minimum Gasteiger partial charge on any atom is -0.378 e. The van der Waals surface area contributed by atoms with E-state index in [1.54, 1.807) is 11.3 Å². The number of thiophene rings is 1. The number of para-hydroxylation sites is 1. The van der Waals surface area contributed by atoms with Gasteiger partial charge in [0.05, 0.1) is 29.5 Å². The summed E-state index contributed by atoms with van der Waals surface area (Å²) >= 11 is 3.12. The molecule has 3 aromatic heterocycles. The standard InChI is InChI=1S/C19H18N6O2S2/c1-2-5-14(6-3-1)25-18(24-8-10-26-11-9-24)21-22-19(25)29-13-16-20-17(23-27-16)15-7-4-12-28-15/h1-7,12H,8-11,13H2. The van der Waals surface area contributed by atoms with Crippen molar-refractivity contribution in [3.63, 3.8) is 0 Å². The smallest absolute Gasteiger partial charge is 0.237 e. The van der Waals surface area contributed by atoms with Crippen LogP contribution < -0.4 is 4.90 Å². The molecule has 0 aliphatic carbocycles. The van der Waals surface area contributed by atoms with Crippen molar-refractivity contribution in [3.05, 3.63) is 53.7 Å². The Morgan fingerprint density at radius 3 is 2.69 bits per heavy atom. The zero-order chi connectivity index (χ0) is 19.5. The first-order valence-electron chi connectivity index (χ1n) is 9.21. The van der Waals surface area contributed by atoms with Gasteiger partial charge in [-0.2, -0.15) is 4.98 Å². The third-order valence-corrected chi connectivity index (χ3v) is 6.24. The van der Waals surface area contributed by atoms with E-state index in [1.165, 1.54) is 11.8 Å². The van der Waals surface area contributed by atoms with E-state index in [-0.39, 0.29) is 0 Å². The fourth-order valence-corrected chi connectivity index (χ4v) is 4.51. The molecular formula is C19H18N6O2S2. The van der Waals surface area contributed by atoms with Crippen molar-refractivity contribution in [2.45, 2.75) is 10.9 Å². The highest BCUT2D eigenvalue weighted by atomic mass is 32.2. The molecule has 8 nitrogen and oxygen atoms in total. The first kappa shape index (κ1) is 18.3. The Balaban J connectivity index is 1.40. The van der Waals surface area contributed by atoms with Crippen LogP contribution in [0.5, 0.6) is 0 Å². The number of anilines is 1. The van der Waals surface area contributed by atoms with Crippen molar-refractivity contribution in [1.82, 2.24) is 24.9 Å². The molecule has 4 aromatic rings. The Kier molecular flexibility index (Phi) is 5.29. The number of morpholine rings is 1. The van der Waals surface area contributed by atoms with Crippen molar-refractivity contribution in [3.8, 4) is 16.4 Å². The second kappa shape index (κ2) is 8.36. The number of hydrogen-bond donors (Lipinski definition) is 0. The summed E-state index contributed by atoms with van der Waals surface area (Å²) in [6.07, 6.45) is 0. The molecule has 1 saturated heterocycles. The molecule has 1 aromatic carbocycles. The van der Waals surface area contributed by atoms with Gasteiger partial charge in [-0.3, -0.25) is 4.57 Å². The lowest BCUT2D eigenvalue weighted by Gasteiger charge is -2.27. The summed E-state index contributed by atoms with van der Waals surface area (Å²) in [6.45, 7) is 2.97. The van der Waals surface area contributed by atoms with Crippen LogP contribution in [0.2, 0.25) is 0 Å². The molecule has 5 rings (SSSR count). The Morgan fingerprint density at radius 2 is 1.90 bits per heavy atom. The largest absolute Gasteiger partial charge is 0.378 e. The number of benzene rings is 1. The summed E-state index contributed by atoms with van der Waals surface area (Å²) in [5, 5.41) is 15.8. The summed E-state index contributed by atoms with van der Waals surface area (Å²) in [5.41, 5.74) is 1.02. The van der Waals surface area contributed by atoms with Crippen LogP contribution in [0, 0.1) is 0 Å². The second-order valence-corrected chi connectivity index (χ2v) is 8.22. The van der Waals surface area contributed by atoms with Crippen LogP contribution >= 0.6 is 23.1 Å². The Morgan fingerprint density at radius 1 is 1.03 bits per heavy atom. The van der Waals surface area contributed by atoms with Gasteiger partial charge in [0.15, 0.2) is 5.16 Å². The van der Waals surface area contributed by atoms with Crippen molar-refractivity contribution >= 4 is 29.0 Å². The van der Waals surface area contributed by atoms with E-state index in [0.29, 0.717) is 30.7 Å². The van der Waals surface area contributed by atoms with Crippen molar-refractivity contribution < 1.29 is 9.26 Å². The van der Waals surface area contributed by atoms with Crippen LogP contribution in [0.4, 0.5) is 5.95 Å². The zero-order valence-electron chi connectivity index (χ0n) is 15.5. The molecule has 0 saturated carbocycles. The maximum absolute atomic E-state index is 5.48. The fraction of sp³-hybridized carbons (Fsp3) is 0.263. The van der Waals surface area contributed by atoms with Crippen molar-refractivity contribution in [2.24, 2.45) is 0 Å². The first-order chi connectivity index (χ1) is 14.4. The highest BCUT2D eigenvalue weighted by Crippen LogP contribution is 2.29. The summed E-state index contributed by atoms with van der Waals surface area (Å²) in [6, 6.07) is 14.1. The number of aromatic nitrogens is 5. The zero-order valence-corrected chi connectivity index (χ0v) is 17.1. The van der Waals surface area contributed by atoms with Gasteiger partial charge in [-0.25, -0.2) is 0 Å². The van der Waals surface area contributed by atoms with Gasteiger partial charge in [0, 0.05) is 13.1 Å². The van der Waals surface area contributed by atoms with Crippen LogP contribution in [-0.2, 0) is 10.5 Å². The van der Waals surface area contributed by atoms with Crippen LogP contribution in [-0.4, -0.2) is 51.2 Å². The van der Waals surface area contributed by atoms with E-state index in [4.69, 9.17) is 9.26 Å². The van der Waals surface area contributed by atoms with E-state index in [1.807, 2.05) is 35.7 Å². The topological polar surface area (TPSA) is 82.1 Å². The molecule has 0 atom stereocenters. The highest BCUT2D eigenvalue weighted by molar-refractivity contribution is 7.98. The summed E-state index contributed by atoms with van der Waals surface area (Å²) in [7, 11) is 0. The van der Waals surface area contributed by atoms with Crippen molar-refractivity contribution in [2.75, 3.05) is 31.2 Å². The second-order valence-electron chi connectivity index (χ2n) is 6.33. The predicted molar refractivity (Wildman–Crippen MR) is 112 cm³/mol. The summed E-state index contributed by atoms with van der Waals surface area (Å²) in [5.74, 6) is 2.53. The predicted octanol–water partition coefficient (Wildman–Crippen LogP) is 3.51. The van der Waals surface area contributed by atoms with Gasteiger partial charge in [-0.15, -0.1) is 21.5 Å². The molecule has 0 N–H and O–H groups in total. The van der Waals surface area contributed by atoms with Gasteiger partial charge in [0.2, 0.25) is 17.7 Å². The molecule has 0 radical (unpaired) electrons. The number of hydrogen-bond acceptors (Lipinski definition) is 9. The molecule has 4 heterocycles. The number of thioether (sulfide) groups is 1. The lowest BCUT2D eigenvalue weighted by Crippen LogP contribution is -2.37. The van der Waals surface area contributed by atoms with E-state index >= 15 is 0 Å². The molecule has 1 aliphatic heterocycles. The molecule has 0 spiro atoms. The Hall–Kier alpha value is -2.69. The lowest BCUT2D eigenvalue weighted by molar-refractivity contribution is 0.122. The molecule has 0 unspecified atom stereocenters. The molecular weight excluding hydrogens is 408 g/mol. The van der Waals surface area contributed by atoms with E-state index in [2.05, 4.69) is 41.9 Å². The maximum Gasteiger partial charge on any atom is 0.237 e. The van der Waals surface area contributed by atoms with Gasteiger partial charge in [-0.05, 0) is 23.6 Å². The van der Waals surface area contributed by atoms with Gasteiger partial charge in [0.25, 0.3) is 0 Å². The third-order valence-electron chi connectivity index (χ3n) is 4.46. The Bertz CT molecular complexity index is 1060. The number of rotatable bonds is 6. The highest BCUT2D eigenvalue weighted by Gasteiger charge is 2.22. The number of nitrogens with zero attached hydrogens (tertiary/aromatic N) is 6. The third kappa shape index (κ3) is 3.91. The van der Waals surface area contributed by atoms with Gasteiger partial charge < -0.3 is 14.2 Å². The SMILES string of the molecule is c1ccc(-n2c(SCc3nc(-c4cccs4)no3)nnc2N2CCOCC2)cc1. The Labute approximate surface area is 175 Å². The van der Waals surface area contributed by atoms with Gasteiger partial charge in [-0.1, -0.05) is 41.2 Å². The van der Waals surface area contributed by atoms with E-state index in [0.717, 1.165) is 34.8 Å². The molecule has 148 valence electrons. The van der Waals surface area contributed by atoms with E-state index < -0.39 is 0 Å². The number of ether oxygens (including phenoxy) is 1. The van der Waals surface area contributed by atoms with Crippen LogP contribution in [0.25, 0.3) is 16.4 Å². The van der Waals surface area contributed by atoms with Gasteiger partial charge >= 0.3 is 0 Å². The molecule has 29 heavy (non-hydrogen) atoms.